The molecule has 128 valence electrons. The molecular formula is C18H23N3O3. The van der Waals surface area contributed by atoms with Crippen LogP contribution >= 0.6 is 0 Å². The Kier molecular flexibility index (Phi) is 5.13. The molecule has 0 spiro atoms. The molecule has 2 fully saturated rings. The molecule has 6 nitrogen and oxygen atoms in total. The van der Waals surface area contributed by atoms with E-state index in [1.807, 2.05) is 11.0 Å². The number of hydrogen-bond donors (Lipinski definition) is 2. The van der Waals surface area contributed by atoms with E-state index in [-0.39, 0.29) is 12.3 Å². The second-order valence-electron chi connectivity index (χ2n) is 6.57. The molecule has 24 heavy (non-hydrogen) atoms. The molecule has 0 radical (unpaired) electrons. The number of likely N-dealkylation sites (tertiary alicyclic amines) is 1. The standard InChI is InChI=1S/C18H23N3O3/c22-16(12-15-17(23)20-18(24)19-15)21-10-8-14(9-11-21)7-6-13-4-2-1-3-5-13/h1-5,14-15H,6-12H2,(H2,19,20,23,24)/t15-/m1/s1. The largest absolute Gasteiger partial charge is 0.343 e. The first-order valence-electron chi connectivity index (χ1n) is 8.55. The molecule has 6 heteroatoms. The van der Waals surface area contributed by atoms with Crippen LogP contribution in [0.1, 0.15) is 31.2 Å². The van der Waals surface area contributed by atoms with Gasteiger partial charge in [0.15, 0.2) is 0 Å². The van der Waals surface area contributed by atoms with Gasteiger partial charge in [0.2, 0.25) is 5.91 Å². The van der Waals surface area contributed by atoms with Crippen LogP contribution in [-0.4, -0.2) is 41.9 Å². The van der Waals surface area contributed by atoms with Crippen molar-refractivity contribution in [3.63, 3.8) is 0 Å². The van der Waals surface area contributed by atoms with Crippen molar-refractivity contribution in [3.05, 3.63) is 35.9 Å². The maximum Gasteiger partial charge on any atom is 0.322 e. The van der Waals surface area contributed by atoms with Gasteiger partial charge in [0.05, 0.1) is 6.42 Å². The summed E-state index contributed by atoms with van der Waals surface area (Å²) in [6.07, 6.45) is 4.27. The zero-order chi connectivity index (χ0) is 16.9. The third-order valence-corrected chi connectivity index (χ3v) is 4.89. The van der Waals surface area contributed by atoms with Gasteiger partial charge in [0.1, 0.15) is 6.04 Å². The zero-order valence-corrected chi connectivity index (χ0v) is 13.7. The first kappa shape index (κ1) is 16.5. The minimum absolute atomic E-state index is 0.0479. The van der Waals surface area contributed by atoms with Crippen LogP contribution in [0.25, 0.3) is 0 Å². The highest BCUT2D eigenvalue weighted by molar-refractivity contribution is 6.05. The average molecular weight is 329 g/mol. The summed E-state index contributed by atoms with van der Waals surface area (Å²) in [5.74, 6) is 0.175. The Morgan fingerprint density at radius 1 is 1.12 bits per heavy atom. The van der Waals surface area contributed by atoms with Gasteiger partial charge in [-0.25, -0.2) is 4.79 Å². The molecule has 1 aromatic carbocycles. The molecule has 2 N–H and O–H groups in total. The molecule has 3 rings (SSSR count). The number of carbonyl (C=O) groups excluding carboxylic acids is 3. The van der Waals surface area contributed by atoms with Crippen LogP contribution in [0.15, 0.2) is 30.3 Å². The van der Waals surface area contributed by atoms with Crippen LogP contribution in [0.2, 0.25) is 0 Å². The molecule has 2 heterocycles. The minimum atomic E-state index is -0.721. The summed E-state index contributed by atoms with van der Waals surface area (Å²) in [4.78, 5) is 36.7. The molecular weight excluding hydrogens is 306 g/mol. The van der Waals surface area contributed by atoms with Crippen LogP contribution in [0.4, 0.5) is 4.79 Å². The number of urea groups is 1. The van der Waals surface area contributed by atoms with Gasteiger partial charge >= 0.3 is 6.03 Å². The number of amides is 4. The van der Waals surface area contributed by atoms with Crippen molar-refractivity contribution in [1.82, 2.24) is 15.5 Å². The molecule has 1 atom stereocenters. The summed E-state index contributed by atoms with van der Waals surface area (Å²) in [6.45, 7) is 1.47. The third-order valence-electron chi connectivity index (χ3n) is 4.89. The summed E-state index contributed by atoms with van der Waals surface area (Å²) in [5, 5.41) is 4.63. The van der Waals surface area contributed by atoms with Gasteiger partial charge in [-0.05, 0) is 37.2 Å². The number of hydrogen-bond acceptors (Lipinski definition) is 3. The summed E-state index contributed by atoms with van der Waals surface area (Å²) in [7, 11) is 0. The zero-order valence-electron chi connectivity index (χ0n) is 13.7. The molecule has 0 saturated carbocycles. The number of imide groups is 1. The molecule has 0 bridgehead atoms. The van der Waals surface area contributed by atoms with Gasteiger partial charge < -0.3 is 10.2 Å². The van der Waals surface area contributed by atoms with Gasteiger partial charge in [-0.3, -0.25) is 14.9 Å². The number of rotatable bonds is 5. The molecule has 2 aliphatic heterocycles. The Labute approximate surface area is 141 Å². The van der Waals surface area contributed by atoms with E-state index in [1.54, 1.807) is 0 Å². The summed E-state index contributed by atoms with van der Waals surface area (Å²) in [5.41, 5.74) is 1.36. The predicted molar refractivity (Wildman–Crippen MR) is 89.1 cm³/mol. The highest BCUT2D eigenvalue weighted by Gasteiger charge is 2.33. The topological polar surface area (TPSA) is 78.5 Å². The summed E-state index contributed by atoms with van der Waals surface area (Å²) in [6, 6.07) is 9.22. The quantitative estimate of drug-likeness (QED) is 0.803. The Hall–Kier alpha value is -2.37. The highest BCUT2D eigenvalue weighted by atomic mass is 16.2. The van der Waals surface area contributed by atoms with E-state index in [0.29, 0.717) is 5.92 Å². The van der Waals surface area contributed by atoms with E-state index in [9.17, 15) is 14.4 Å². The number of piperidine rings is 1. The van der Waals surface area contributed by atoms with Crippen molar-refractivity contribution >= 4 is 17.8 Å². The maximum atomic E-state index is 12.3. The van der Waals surface area contributed by atoms with Gasteiger partial charge in [0, 0.05) is 13.1 Å². The summed E-state index contributed by atoms with van der Waals surface area (Å²) >= 11 is 0. The monoisotopic (exact) mass is 329 g/mol. The molecule has 0 aromatic heterocycles. The van der Waals surface area contributed by atoms with Crippen LogP contribution in [0, 0.1) is 5.92 Å². The van der Waals surface area contributed by atoms with E-state index in [4.69, 9.17) is 0 Å². The van der Waals surface area contributed by atoms with Gasteiger partial charge in [0.25, 0.3) is 5.91 Å². The first-order chi connectivity index (χ1) is 11.6. The van der Waals surface area contributed by atoms with Gasteiger partial charge in [-0.15, -0.1) is 0 Å². The average Bonchev–Trinajstić information content (AvgIpc) is 2.91. The number of carbonyl (C=O) groups is 3. The number of benzene rings is 1. The lowest BCUT2D eigenvalue weighted by atomic mass is 9.90. The fourth-order valence-corrected chi connectivity index (χ4v) is 3.39. The normalized spacial score (nSPS) is 21.5. The smallest absolute Gasteiger partial charge is 0.322 e. The number of aryl methyl sites for hydroxylation is 1. The lowest BCUT2D eigenvalue weighted by Crippen LogP contribution is -2.42. The van der Waals surface area contributed by atoms with E-state index in [0.717, 1.165) is 38.8 Å². The van der Waals surface area contributed by atoms with E-state index < -0.39 is 18.0 Å². The van der Waals surface area contributed by atoms with Crippen molar-refractivity contribution < 1.29 is 14.4 Å². The van der Waals surface area contributed by atoms with Crippen molar-refractivity contribution in [2.75, 3.05) is 13.1 Å². The van der Waals surface area contributed by atoms with E-state index in [2.05, 4.69) is 34.9 Å². The Balaban J connectivity index is 1.40. The first-order valence-corrected chi connectivity index (χ1v) is 8.55. The molecule has 2 aliphatic rings. The summed E-state index contributed by atoms with van der Waals surface area (Å²) < 4.78 is 0. The van der Waals surface area contributed by atoms with Crippen LogP contribution in [0.5, 0.6) is 0 Å². The molecule has 0 unspecified atom stereocenters. The highest BCUT2D eigenvalue weighted by Crippen LogP contribution is 2.23. The molecule has 2 saturated heterocycles. The van der Waals surface area contributed by atoms with E-state index >= 15 is 0 Å². The Morgan fingerprint density at radius 2 is 1.83 bits per heavy atom. The second kappa shape index (κ2) is 7.47. The lowest BCUT2D eigenvalue weighted by molar-refractivity contribution is -0.135. The molecule has 0 aliphatic carbocycles. The second-order valence-corrected chi connectivity index (χ2v) is 6.57. The fourth-order valence-electron chi connectivity index (χ4n) is 3.39. The maximum absolute atomic E-state index is 12.3. The Bertz CT molecular complexity index is 609. The number of nitrogens with zero attached hydrogens (tertiary/aromatic N) is 1. The molecule has 4 amide bonds. The third kappa shape index (κ3) is 4.13. The van der Waals surface area contributed by atoms with Crippen LogP contribution in [0.3, 0.4) is 0 Å². The van der Waals surface area contributed by atoms with Crippen LogP contribution < -0.4 is 10.6 Å². The predicted octanol–water partition coefficient (Wildman–Crippen LogP) is 1.46. The van der Waals surface area contributed by atoms with Crippen molar-refractivity contribution in [2.24, 2.45) is 5.92 Å². The van der Waals surface area contributed by atoms with Gasteiger partial charge in [-0.2, -0.15) is 0 Å². The molecule has 1 aromatic rings. The number of nitrogens with one attached hydrogen (secondary N) is 2. The van der Waals surface area contributed by atoms with Crippen molar-refractivity contribution in [2.45, 2.75) is 38.1 Å². The fraction of sp³-hybridized carbons (Fsp3) is 0.500. The van der Waals surface area contributed by atoms with Gasteiger partial charge in [-0.1, -0.05) is 30.3 Å². The SMILES string of the molecule is O=C1NC(=O)[C@@H](CC(=O)N2CCC(CCc3ccccc3)CC2)N1. The van der Waals surface area contributed by atoms with Crippen molar-refractivity contribution in [1.29, 1.82) is 0 Å². The van der Waals surface area contributed by atoms with Crippen molar-refractivity contribution in [3.8, 4) is 0 Å². The lowest BCUT2D eigenvalue weighted by Gasteiger charge is -2.32. The van der Waals surface area contributed by atoms with E-state index in [1.165, 1.54) is 5.56 Å². The Morgan fingerprint density at radius 3 is 2.46 bits per heavy atom. The van der Waals surface area contributed by atoms with Crippen LogP contribution in [-0.2, 0) is 16.0 Å². The minimum Gasteiger partial charge on any atom is -0.343 e.